The zero-order chi connectivity index (χ0) is 23.5. The fraction of sp³-hybridized carbons (Fsp3) is 0.905. The molecule has 0 radical (unpaired) electrons. The Labute approximate surface area is 186 Å². The lowest BCUT2D eigenvalue weighted by Gasteiger charge is -2.29. The number of unbranched alkanes of at least 4 members (excludes halogenated alkanes) is 1. The fourth-order valence-corrected chi connectivity index (χ4v) is 2.71. The smallest absolute Gasteiger partial charge is 0.407 e. The van der Waals surface area contributed by atoms with Gasteiger partial charge in [0.25, 0.3) is 0 Å². The molecule has 0 spiro atoms. The van der Waals surface area contributed by atoms with E-state index in [-0.39, 0.29) is 0 Å². The third-order valence-corrected chi connectivity index (χ3v) is 4.21. The van der Waals surface area contributed by atoms with E-state index in [2.05, 4.69) is 5.32 Å². The minimum absolute atomic E-state index is 0.408. The van der Waals surface area contributed by atoms with Crippen LogP contribution in [-0.4, -0.2) is 107 Å². The predicted molar refractivity (Wildman–Crippen MR) is 116 cm³/mol. The average molecular weight is 451 g/mol. The number of nitrogens with zero attached hydrogens (tertiary/aromatic N) is 1. The molecule has 0 aromatic carbocycles. The van der Waals surface area contributed by atoms with E-state index in [0.717, 1.165) is 0 Å². The molecule has 0 fully saturated rings. The van der Waals surface area contributed by atoms with Crippen LogP contribution in [0.25, 0.3) is 0 Å². The number of carbonyl (C=O) groups is 2. The number of aliphatic carboxylic acids is 1. The van der Waals surface area contributed by atoms with Gasteiger partial charge >= 0.3 is 12.1 Å². The standard InChI is InChI=1S/C21H42N2O8/c1-21(2,3)31-20(26)22-9-7-6-8-18(19(24)25)23(10-12-29-16-14-27-4)11-13-30-17-15-28-5/h18H,6-17H2,1-5H3,(H,22,26)(H,24,25)/t18-/m0/s1. The molecule has 0 rings (SSSR count). The minimum Gasteiger partial charge on any atom is -0.480 e. The first-order chi connectivity index (χ1) is 14.7. The number of carbonyl (C=O) groups excluding carboxylic acids is 1. The van der Waals surface area contributed by atoms with Crippen LogP contribution >= 0.6 is 0 Å². The quantitative estimate of drug-likeness (QED) is 0.284. The number of carboxylic acids is 1. The van der Waals surface area contributed by atoms with Crippen molar-refractivity contribution in [2.45, 2.75) is 51.7 Å². The Bertz CT molecular complexity index is 457. The van der Waals surface area contributed by atoms with E-state index < -0.39 is 23.7 Å². The molecule has 10 nitrogen and oxygen atoms in total. The van der Waals surface area contributed by atoms with Gasteiger partial charge in [-0.1, -0.05) is 0 Å². The van der Waals surface area contributed by atoms with E-state index in [1.807, 2.05) is 4.90 Å². The highest BCUT2D eigenvalue weighted by Crippen LogP contribution is 2.10. The summed E-state index contributed by atoms with van der Waals surface area (Å²) in [5.41, 5.74) is -0.546. The summed E-state index contributed by atoms with van der Waals surface area (Å²) in [4.78, 5) is 25.4. The summed E-state index contributed by atoms with van der Waals surface area (Å²) in [5, 5.41) is 12.4. The zero-order valence-electron chi connectivity index (χ0n) is 19.8. The maximum atomic E-state index is 11.9. The summed E-state index contributed by atoms with van der Waals surface area (Å²) < 4.78 is 26.1. The van der Waals surface area contributed by atoms with Gasteiger partial charge in [0.2, 0.25) is 0 Å². The summed E-state index contributed by atoms with van der Waals surface area (Å²) in [7, 11) is 3.20. The maximum Gasteiger partial charge on any atom is 0.407 e. The molecule has 10 heteroatoms. The van der Waals surface area contributed by atoms with Gasteiger partial charge < -0.3 is 34.1 Å². The van der Waals surface area contributed by atoms with E-state index in [1.54, 1.807) is 35.0 Å². The molecule has 0 aliphatic heterocycles. The summed E-state index contributed by atoms with van der Waals surface area (Å²) in [5.74, 6) is -0.881. The number of nitrogens with one attached hydrogen (secondary N) is 1. The second-order valence-electron chi connectivity index (χ2n) is 8.02. The highest BCUT2D eigenvalue weighted by Gasteiger charge is 2.25. The summed E-state index contributed by atoms with van der Waals surface area (Å²) >= 11 is 0. The van der Waals surface area contributed by atoms with Crippen LogP contribution in [0.5, 0.6) is 0 Å². The molecule has 0 unspecified atom stereocenters. The van der Waals surface area contributed by atoms with E-state index in [4.69, 9.17) is 23.7 Å². The Kier molecular flexibility index (Phi) is 17.3. The van der Waals surface area contributed by atoms with Crippen LogP contribution in [-0.2, 0) is 28.5 Å². The maximum absolute atomic E-state index is 11.9. The Morgan fingerprint density at radius 1 is 0.903 bits per heavy atom. The number of rotatable bonds is 19. The number of methoxy groups -OCH3 is 2. The van der Waals surface area contributed by atoms with Gasteiger partial charge in [0, 0.05) is 33.9 Å². The lowest BCUT2D eigenvalue weighted by Crippen LogP contribution is -2.45. The summed E-state index contributed by atoms with van der Waals surface area (Å²) in [6.45, 7) is 9.52. The second-order valence-corrected chi connectivity index (χ2v) is 8.02. The molecule has 1 atom stereocenters. The number of hydrogen-bond acceptors (Lipinski definition) is 8. The molecular weight excluding hydrogens is 408 g/mol. The number of ether oxygens (including phenoxy) is 5. The van der Waals surface area contributed by atoms with Crippen LogP contribution in [0.1, 0.15) is 40.0 Å². The molecule has 0 aromatic heterocycles. The van der Waals surface area contributed by atoms with Crippen molar-refractivity contribution in [3.05, 3.63) is 0 Å². The minimum atomic E-state index is -0.881. The number of alkyl carbamates (subject to hydrolysis) is 1. The molecule has 0 bridgehead atoms. The normalized spacial score (nSPS) is 12.7. The molecule has 0 aliphatic rings. The van der Waals surface area contributed by atoms with Crippen molar-refractivity contribution in [2.75, 3.05) is 73.5 Å². The van der Waals surface area contributed by atoms with Crippen molar-refractivity contribution in [3.8, 4) is 0 Å². The molecule has 0 aliphatic carbocycles. The van der Waals surface area contributed by atoms with Crippen LogP contribution in [0, 0.1) is 0 Å². The Balaban J connectivity index is 4.50. The number of amides is 1. The SMILES string of the molecule is COCCOCCN(CCOCCOC)[C@@H](CCCCNC(=O)OC(C)(C)C)C(=O)O. The van der Waals surface area contributed by atoms with Crippen molar-refractivity contribution < 1.29 is 38.4 Å². The van der Waals surface area contributed by atoms with Crippen LogP contribution in [0.2, 0.25) is 0 Å². The van der Waals surface area contributed by atoms with Crippen molar-refractivity contribution in [1.29, 1.82) is 0 Å². The number of hydrogen-bond donors (Lipinski definition) is 2. The van der Waals surface area contributed by atoms with Gasteiger partial charge in [0.05, 0.1) is 39.6 Å². The van der Waals surface area contributed by atoms with Gasteiger partial charge in [-0.2, -0.15) is 0 Å². The van der Waals surface area contributed by atoms with Gasteiger partial charge in [0.1, 0.15) is 11.6 Å². The molecule has 2 N–H and O–H groups in total. The van der Waals surface area contributed by atoms with E-state index in [0.29, 0.717) is 78.5 Å². The Morgan fingerprint density at radius 2 is 1.45 bits per heavy atom. The van der Waals surface area contributed by atoms with Gasteiger partial charge in [-0.05, 0) is 40.0 Å². The second kappa shape index (κ2) is 18.1. The van der Waals surface area contributed by atoms with Gasteiger partial charge in [-0.25, -0.2) is 4.79 Å². The molecule has 0 heterocycles. The van der Waals surface area contributed by atoms with Gasteiger partial charge in [-0.15, -0.1) is 0 Å². The molecule has 184 valence electrons. The lowest BCUT2D eigenvalue weighted by atomic mass is 10.1. The van der Waals surface area contributed by atoms with Crippen molar-refractivity contribution in [3.63, 3.8) is 0 Å². The van der Waals surface area contributed by atoms with Gasteiger partial charge in [-0.3, -0.25) is 9.69 Å². The molecule has 0 aromatic rings. The van der Waals surface area contributed by atoms with Crippen LogP contribution in [0.4, 0.5) is 4.79 Å². The van der Waals surface area contributed by atoms with Crippen molar-refractivity contribution in [1.82, 2.24) is 10.2 Å². The summed E-state index contributed by atoms with van der Waals surface area (Å²) in [6.07, 6.45) is 1.30. The highest BCUT2D eigenvalue weighted by atomic mass is 16.6. The van der Waals surface area contributed by atoms with Crippen LogP contribution < -0.4 is 5.32 Å². The first kappa shape index (κ1) is 29.5. The molecule has 0 saturated heterocycles. The molecule has 1 amide bonds. The fourth-order valence-electron chi connectivity index (χ4n) is 2.71. The highest BCUT2D eigenvalue weighted by molar-refractivity contribution is 5.73. The number of carboxylic acid groups (broad SMARTS) is 1. The van der Waals surface area contributed by atoms with Crippen molar-refractivity contribution in [2.24, 2.45) is 0 Å². The largest absolute Gasteiger partial charge is 0.480 e. The van der Waals surface area contributed by atoms with E-state index >= 15 is 0 Å². The average Bonchev–Trinajstić information content (AvgIpc) is 2.67. The van der Waals surface area contributed by atoms with E-state index in [1.165, 1.54) is 0 Å². The van der Waals surface area contributed by atoms with Crippen molar-refractivity contribution >= 4 is 12.1 Å². The third kappa shape index (κ3) is 17.9. The third-order valence-electron chi connectivity index (χ3n) is 4.21. The topological polar surface area (TPSA) is 116 Å². The Morgan fingerprint density at radius 3 is 1.90 bits per heavy atom. The predicted octanol–water partition coefficient (Wildman–Crippen LogP) is 1.76. The molecule has 0 saturated carbocycles. The van der Waals surface area contributed by atoms with Crippen LogP contribution in [0.15, 0.2) is 0 Å². The van der Waals surface area contributed by atoms with E-state index in [9.17, 15) is 14.7 Å². The monoisotopic (exact) mass is 450 g/mol. The summed E-state index contributed by atoms with van der Waals surface area (Å²) in [6, 6.07) is -0.654. The molecule has 31 heavy (non-hydrogen) atoms. The first-order valence-electron chi connectivity index (χ1n) is 10.8. The van der Waals surface area contributed by atoms with Gasteiger partial charge in [0.15, 0.2) is 0 Å². The first-order valence-corrected chi connectivity index (χ1v) is 10.8. The molecular formula is C21H42N2O8. The van der Waals surface area contributed by atoms with Crippen LogP contribution in [0.3, 0.4) is 0 Å². The Hall–Kier alpha value is -1.46. The zero-order valence-corrected chi connectivity index (χ0v) is 19.8. The lowest BCUT2D eigenvalue weighted by molar-refractivity contribution is -0.144.